The summed E-state index contributed by atoms with van der Waals surface area (Å²) in [5.41, 5.74) is -0.138. The van der Waals surface area contributed by atoms with Crippen LogP contribution in [0.2, 0.25) is 0 Å². The first-order valence-electron chi connectivity index (χ1n) is 2.90. The molecule has 1 rings (SSSR count). The summed E-state index contributed by atoms with van der Waals surface area (Å²) in [6.45, 7) is 0. The van der Waals surface area contributed by atoms with Gasteiger partial charge in [-0.25, -0.2) is 8.78 Å². The average molecular weight is 192 g/mol. The van der Waals surface area contributed by atoms with Gasteiger partial charge in [0.15, 0.2) is 0 Å². The van der Waals surface area contributed by atoms with Crippen LogP contribution in [-0.2, 0) is 11.3 Å². The van der Waals surface area contributed by atoms with Gasteiger partial charge >= 0.3 is 0 Å². The number of hydrogen-bond acceptors (Lipinski definition) is 2. The second-order valence-electron chi connectivity index (χ2n) is 1.99. The van der Waals surface area contributed by atoms with Gasteiger partial charge in [0, 0.05) is 17.3 Å². The third kappa shape index (κ3) is 2.55. The normalized spacial score (nSPS) is 12.6. The van der Waals surface area contributed by atoms with Gasteiger partial charge in [-0.15, -0.1) is 0 Å². The summed E-state index contributed by atoms with van der Waals surface area (Å²) < 4.78 is 46.7. The van der Waals surface area contributed by atoms with Crippen LogP contribution in [0.4, 0.5) is 14.5 Å². The van der Waals surface area contributed by atoms with Gasteiger partial charge in [-0.2, -0.15) is 0 Å². The lowest BCUT2D eigenvalue weighted by Gasteiger charge is -2.07. The number of hydrogen-bond donors (Lipinski definition) is 1. The molecule has 0 aliphatic carbocycles. The molecule has 0 aliphatic heterocycles. The van der Waals surface area contributed by atoms with E-state index in [1.807, 2.05) is 4.72 Å². The first-order chi connectivity index (χ1) is 5.58. The maximum Gasteiger partial charge on any atom is 0.128 e. The van der Waals surface area contributed by atoms with E-state index in [0.29, 0.717) is 6.07 Å². The van der Waals surface area contributed by atoms with Crippen LogP contribution in [-0.4, -0.2) is 8.76 Å². The van der Waals surface area contributed by atoms with Gasteiger partial charge in [0.25, 0.3) is 0 Å². The molecule has 1 aromatic rings. The van der Waals surface area contributed by atoms with Crippen LogP contribution in [0, 0.1) is 11.6 Å². The smallest absolute Gasteiger partial charge is 0.128 e. The summed E-state index contributed by atoms with van der Waals surface area (Å²) in [6, 6.07) is 2.40. The van der Waals surface area contributed by atoms with Crippen molar-refractivity contribution in [1.82, 2.24) is 0 Å². The number of nitrogens with one attached hydrogen (secondary N) is 1. The predicted molar refractivity (Wildman–Crippen MR) is 38.9 cm³/mol. The summed E-state index contributed by atoms with van der Waals surface area (Å²) in [5, 5.41) is 0. The molecule has 0 aliphatic rings. The fourth-order valence-electron chi connectivity index (χ4n) is 0.709. The Morgan fingerprint density at radius 3 is 2.17 bits per heavy atom. The van der Waals surface area contributed by atoms with Crippen LogP contribution in [0.1, 0.15) is 0 Å². The molecular weight excluding hydrogens is 188 g/mol. The molecule has 12 heavy (non-hydrogen) atoms. The molecule has 0 fully saturated rings. The van der Waals surface area contributed by atoms with Crippen molar-refractivity contribution in [2.45, 2.75) is 0 Å². The van der Waals surface area contributed by atoms with Crippen LogP contribution >= 0.6 is 0 Å². The van der Waals surface area contributed by atoms with E-state index in [1.54, 1.807) is 0 Å². The minimum Gasteiger partial charge on any atom is -0.755 e. The summed E-state index contributed by atoms with van der Waals surface area (Å²) in [5.74, 6) is -1.66. The topological polar surface area (TPSA) is 52.2 Å². The number of benzene rings is 1. The van der Waals surface area contributed by atoms with Crippen molar-refractivity contribution in [3.63, 3.8) is 0 Å². The minimum absolute atomic E-state index is 0.138. The van der Waals surface area contributed by atoms with Gasteiger partial charge in [-0.1, -0.05) is 0 Å². The molecule has 0 aromatic heterocycles. The van der Waals surface area contributed by atoms with E-state index < -0.39 is 22.9 Å². The largest absolute Gasteiger partial charge is 0.755 e. The lowest BCUT2D eigenvalue weighted by atomic mass is 10.3. The van der Waals surface area contributed by atoms with Gasteiger partial charge in [-0.3, -0.25) is 4.21 Å². The highest BCUT2D eigenvalue weighted by molar-refractivity contribution is 7.80. The van der Waals surface area contributed by atoms with Crippen molar-refractivity contribution in [2.75, 3.05) is 4.72 Å². The Kier molecular flexibility index (Phi) is 2.72. The predicted octanol–water partition coefficient (Wildman–Crippen LogP) is 1.17. The first kappa shape index (κ1) is 9.08. The van der Waals surface area contributed by atoms with Gasteiger partial charge in [0.2, 0.25) is 0 Å². The quantitative estimate of drug-likeness (QED) is 0.715. The highest BCUT2D eigenvalue weighted by Crippen LogP contribution is 2.12. The molecule has 1 atom stereocenters. The fraction of sp³-hybridized carbons (Fsp3) is 0. The Morgan fingerprint density at radius 1 is 1.25 bits per heavy atom. The van der Waals surface area contributed by atoms with E-state index in [9.17, 15) is 17.5 Å². The van der Waals surface area contributed by atoms with E-state index in [0.717, 1.165) is 12.1 Å². The zero-order valence-corrected chi connectivity index (χ0v) is 6.53. The average Bonchev–Trinajstić information content (AvgIpc) is 1.81. The Labute approximate surface area is 69.8 Å². The minimum atomic E-state index is -2.57. The van der Waals surface area contributed by atoms with E-state index >= 15 is 0 Å². The van der Waals surface area contributed by atoms with Crippen LogP contribution < -0.4 is 4.72 Å². The molecule has 0 spiro atoms. The molecule has 0 amide bonds. The second kappa shape index (κ2) is 3.59. The number of rotatable bonds is 2. The van der Waals surface area contributed by atoms with Crippen molar-refractivity contribution < 1.29 is 17.5 Å². The second-order valence-corrected chi connectivity index (χ2v) is 2.67. The Balaban J connectivity index is 2.93. The Morgan fingerprint density at radius 2 is 1.75 bits per heavy atom. The van der Waals surface area contributed by atoms with E-state index in [-0.39, 0.29) is 5.69 Å². The lowest BCUT2D eigenvalue weighted by molar-refractivity contribution is 0.542. The van der Waals surface area contributed by atoms with Gasteiger partial charge in [0.05, 0.1) is 5.69 Å². The van der Waals surface area contributed by atoms with Crippen LogP contribution in [0.25, 0.3) is 0 Å². The van der Waals surface area contributed by atoms with E-state index in [4.69, 9.17) is 0 Å². The van der Waals surface area contributed by atoms with Crippen LogP contribution in [0.15, 0.2) is 18.2 Å². The van der Waals surface area contributed by atoms with Gasteiger partial charge < -0.3 is 9.27 Å². The maximum atomic E-state index is 12.4. The Bertz CT molecular complexity index is 298. The third-order valence-electron chi connectivity index (χ3n) is 1.06. The summed E-state index contributed by atoms with van der Waals surface area (Å²) in [6.07, 6.45) is 0. The molecule has 1 N–H and O–H groups in total. The van der Waals surface area contributed by atoms with Gasteiger partial charge in [-0.05, 0) is 12.1 Å². The monoisotopic (exact) mass is 192 g/mol. The zero-order chi connectivity index (χ0) is 9.14. The van der Waals surface area contributed by atoms with Crippen molar-refractivity contribution >= 4 is 17.0 Å². The summed E-state index contributed by atoms with van der Waals surface area (Å²) >= 11 is -2.57. The van der Waals surface area contributed by atoms with E-state index in [1.165, 1.54) is 0 Å². The number of halogens is 2. The molecule has 0 saturated heterocycles. The molecule has 3 nitrogen and oxygen atoms in total. The highest BCUT2D eigenvalue weighted by Gasteiger charge is 1.98. The van der Waals surface area contributed by atoms with Gasteiger partial charge in [0.1, 0.15) is 11.6 Å². The van der Waals surface area contributed by atoms with Crippen molar-refractivity contribution in [1.29, 1.82) is 0 Å². The first-order valence-corrected chi connectivity index (χ1v) is 3.97. The summed E-state index contributed by atoms with van der Waals surface area (Å²) in [4.78, 5) is 0. The highest BCUT2D eigenvalue weighted by atomic mass is 32.2. The molecule has 0 bridgehead atoms. The standard InChI is InChI=1S/C6H5F2NO2S/c7-4-1-5(8)3-6(2-4)9-12(10)11/h1-3,9H,(H,10,11)/p-1. The molecule has 0 heterocycles. The van der Waals surface area contributed by atoms with Crippen LogP contribution in [0.3, 0.4) is 0 Å². The molecular formula is C6H4F2NO2S-. The molecule has 0 saturated carbocycles. The van der Waals surface area contributed by atoms with Crippen LogP contribution in [0.5, 0.6) is 0 Å². The molecule has 1 aromatic carbocycles. The molecule has 0 radical (unpaired) electrons. The van der Waals surface area contributed by atoms with Crippen molar-refractivity contribution in [3.8, 4) is 0 Å². The van der Waals surface area contributed by atoms with Crippen molar-refractivity contribution in [3.05, 3.63) is 29.8 Å². The number of anilines is 1. The molecule has 1 unspecified atom stereocenters. The fourth-order valence-corrected chi connectivity index (χ4v) is 1.02. The Hall–Kier alpha value is -1.01. The lowest BCUT2D eigenvalue weighted by Crippen LogP contribution is -2.02. The summed E-state index contributed by atoms with van der Waals surface area (Å²) in [7, 11) is 0. The molecule has 66 valence electrons. The van der Waals surface area contributed by atoms with Crippen molar-refractivity contribution in [2.24, 2.45) is 0 Å². The zero-order valence-electron chi connectivity index (χ0n) is 5.71. The maximum absolute atomic E-state index is 12.4. The SMILES string of the molecule is O=S([O-])Nc1cc(F)cc(F)c1. The third-order valence-corrected chi connectivity index (χ3v) is 1.47. The van der Waals surface area contributed by atoms with E-state index in [2.05, 4.69) is 0 Å². The molecule has 6 heteroatoms.